The Bertz CT molecular complexity index is 281. The summed E-state index contributed by atoms with van der Waals surface area (Å²) in [5.74, 6) is -1.30. The molecule has 0 saturated heterocycles. The normalized spacial score (nSPS) is 12.9. The van der Waals surface area contributed by atoms with Gasteiger partial charge >= 0.3 is 11.9 Å². The molecular weight excluding hydrogens is 222 g/mol. The number of esters is 1. The van der Waals surface area contributed by atoms with E-state index in [9.17, 15) is 9.59 Å². The molecule has 98 valence electrons. The van der Waals surface area contributed by atoms with E-state index in [1.807, 2.05) is 0 Å². The van der Waals surface area contributed by atoms with Gasteiger partial charge in [-0.2, -0.15) is 0 Å². The van der Waals surface area contributed by atoms with E-state index in [1.54, 1.807) is 26.8 Å². The topological polar surface area (TPSA) is 75.6 Å². The summed E-state index contributed by atoms with van der Waals surface area (Å²) in [5, 5.41) is 11.5. The predicted octanol–water partition coefficient (Wildman–Crippen LogP) is 1.34. The Kier molecular flexibility index (Phi) is 6.50. The van der Waals surface area contributed by atoms with Crippen molar-refractivity contribution in [2.75, 3.05) is 6.54 Å². The molecule has 5 heteroatoms. The van der Waals surface area contributed by atoms with Crippen molar-refractivity contribution in [1.82, 2.24) is 5.32 Å². The number of carboxylic acids is 1. The Labute approximate surface area is 102 Å². The highest BCUT2D eigenvalue weighted by atomic mass is 16.6. The molecule has 0 aromatic carbocycles. The number of rotatable bonds is 7. The molecule has 0 saturated carbocycles. The van der Waals surface area contributed by atoms with Gasteiger partial charge in [0.2, 0.25) is 0 Å². The van der Waals surface area contributed by atoms with Gasteiger partial charge in [0.15, 0.2) is 0 Å². The van der Waals surface area contributed by atoms with Gasteiger partial charge in [0.25, 0.3) is 0 Å². The van der Waals surface area contributed by atoms with Crippen molar-refractivity contribution >= 4 is 11.9 Å². The lowest BCUT2D eigenvalue weighted by Gasteiger charge is -2.21. The minimum atomic E-state index is -0.909. The first kappa shape index (κ1) is 15.6. The smallest absolute Gasteiger partial charge is 0.320 e. The third kappa shape index (κ3) is 9.56. The summed E-state index contributed by atoms with van der Waals surface area (Å²) < 4.78 is 5.10. The van der Waals surface area contributed by atoms with E-state index in [1.165, 1.54) is 0 Å². The third-order valence-electron chi connectivity index (χ3n) is 1.83. The van der Waals surface area contributed by atoms with Crippen molar-refractivity contribution in [3.05, 3.63) is 12.7 Å². The Morgan fingerprint density at radius 3 is 2.47 bits per heavy atom. The zero-order valence-corrected chi connectivity index (χ0v) is 10.7. The van der Waals surface area contributed by atoms with Gasteiger partial charge in [0.1, 0.15) is 5.60 Å². The first-order valence-corrected chi connectivity index (χ1v) is 5.52. The van der Waals surface area contributed by atoms with Crippen LogP contribution in [0.25, 0.3) is 0 Å². The van der Waals surface area contributed by atoms with Crippen LogP contribution in [0.2, 0.25) is 0 Å². The molecule has 0 rings (SSSR count). The Hall–Kier alpha value is -1.36. The fourth-order valence-electron chi connectivity index (χ4n) is 1.26. The molecule has 0 heterocycles. The zero-order valence-electron chi connectivity index (χ0n) is 10.7. The summed E-state index contributed by atoms with van der Waals surface area (Å²) in [6, 6.07) is -0.294. The van der Waals surface area contributed by atoms with Crippen LogP contribution in [0.4, 0.5) is 0 Å². The van der Waals surface area contributed by atoms with Crippen molar-refractivity contribution in [3.63, 3.8) is 0 Å². The van der Waals surface area contributed by atoms with Crippen molar-refractivity contribution in [1.29, 1.82) is 0 Å². The van der Waals surface area contributed by atoms with Gasteiger partial charge in [-0.3, -0.25) is 9.59 Å². The molecule has 17 heavy (non-hydrogen) atoms. The van der Waals surface area contributed by atoms with Gasteiger partial charge in [0, 0.05) is 6.04 Å². The quantitative estimate of drug-likeness (QED) is 0.521. The van der Waals surface area contributed by atoms with Gasteiger partial charge < -0.3 is 15.2 Å². The van der Waals surface area contributed by atoms with Gasteiger partial charge in [-0.05, 0) is 27.2 Å². The van der Waals surface area contributed by atoms with Gasteiger partial charge in [-0.15, -0.1) is 6.58 Å². The van der Waals surface area contributed by atoms with Crippen LogP contribution < -0.4 is 5.32 Å². The Balaban J connectivity index is 4.07. The predicted molar refractivity (Wildman–Crippen MR) is 64.7 cm³/mol. The molecule has 0 aromatic rings. The minimum Gasteiger partial charge on any atom is -0.481 e. The minimum absolute atomic E-state index is 0.00303. The summed E-state index contributed by atoms with van der Waals surface area (Å²) >= 11 is 0. The number of ether oxygens (including phenoxy) is 1. The van der Waals surface area contributed by atoms with Gasteiger partial charge in [-0.1, -0.05) is 6.08 Å². The van der Waals surface area contributed by atoms with Crippen LogP contribution in [0, 0.1) is 0 Å². The molecule has 1 atom stereocenters. The SMILES string of the molecule is C=CCC(CC(=O)O)NCC(=O)OC(C)(C)C. The summed E-state index contributed by atoms with van der Waals surface area (Å²) in [6.45, 7) is 8.89. The maximum Gasteiger partial charge on any atom is 0.320 e. The monoisotopic (exact) mass is 243 g/mol. The molecule has 1 unspecified atom stereocenters. The van der Waals surface area contributed by atoms with E-state index in [0.29, 0.717) is 6.42 Å². The van der Waals surface area contributed by atoms with Crippen molar-refractivity contribution in [2.24, 2.45) is 0 Å². The van der Waals surface area contributed by atoms with E-state index in [2.05, 4.69) is 11.9 Å². The van der Waals surface area contributed by atoms with E-state index >= 15 is 0 Å². The number of carbonyl (C=O) groups is 2. The zero-order chi connectivity index (χ0) is 13.5. The highest BCUT2D eigenvalue weighted by Gasteiger charge is 2.18. The summed E-state index contributed by atoms with van der Waals surface area (Å²) in [5.41, 5.74) is -0.528. The first-order chi connectivity index (χ1) is 7.74. The maximum absolute atomic E-state index is 11.4. The first-order valence-electron chi connectivity index (χ1n) is 5.52. The number of aliphatic carboxylic acids is 1. The van der Waals surface area contributed by atoms with Crippen molar-refractivity contribution in [3.8, 4) is 0 Å². The number of nitrogens with one attached hydrogen (secondary N) is 1. The van der Waals surface area contributed by atoms with Crippen molar-refractivity contribution in [2.45, 2.75) is 45.3 Å². The van der Waals surface area contributed by atoms with E-state index < -0.39 is 17.5 Å². The van der Waals surface area contributed by atoms with Gasteiger partial charge in [0.05, 0.1) is 13.0 Å². The summed E-state index contributed by atoms with van der Waals surface area (Å²) in [4.78, 5) is 22.0. The number of carbonyl (C=O) groups excluding carboxylic acids is 1. The molecule has 2 N–H and O–H groups in total. The highest BCUT2D eigenvalue weighted by Crippen LogP contribution is 2.06. The molecule has 0 fully saturated rings. The van der Waals surface area contributed by atoms with Crippen LogP contribution in [-0.4, -0.2) is 35.2 Å². The van der Waals surface area contributed by atoms with Crippen LogP contribution in [0.15, 0.2) is 12.7 Å². The number of hydrogen-bond donors (Lipinski definition) is 2. The van der Waals surface area contributed by atoms with Crippen LogP contribution in [0.5, 0.6) is 0 Å². The Morgan fingerprint density at radius 1 is 1.47 bits per heavy atom. The van der Waals surface area contributed by atoms with Crippen LogP contribution in [0.3, 0.4) is 0 Å². The lowest BCUT2D eigenvalue weighted by molar-refractivity contribution is -0.154. The average Bonchev–Trinajstić information content (AvgIpc) is 2.11. The third-order valence-corrected chi connectivity index (χ3v) is 1.83. The van der Waals surface area contributed by atoms with Crippen LogP contribution in [-0.2, 0) is 14.3 Å². The molecule has 0 bridgehead atoms. The molecule has 0 spiro atoms. The highest BCUT2D eigenvalue weighted by molar-refractivity contribution is 5.72. The molecular formula is C12H21NO4. The van der Waals surface area contributed by atoms with Crippen LogP contribution >= 0.6 is 0 Å². The van der Waals surface area contributed by atoms with Crippen LogP contribution in [0.1, 0.15) is 33.6 Å². The van der Waals surface area contributed by atoms with E-state index in [0.717, 1.165) is 0 Å². The second-order valence-electron chi connectivity index (χ2n) is 4.79. The lowest BCUT2D eigenvalue weighted by atomic mass is 10.1. The van der Waals surface area contributed by atoms with Gasteiger partial charge in [-0.25, -0.2) is 0 Å². The largest absolute Gasteiger partial charge is 0.481 e. The second-order valence-corrected chi connectivity index (χ2v) is 4.79. The molecule has 0 aliphatic heterocycles. The van der Waals surface area contributed by atoms with Crippen molar-refractivity contribution < 1.29 is 19.4 Å². The van der Waals surface area contributed by atoms with E-state index in [-0.39, 0.29) is 19.0 Å². The maximum atomic E-state index is 11.4. The molecule has 0 aliphatic carbocycles. The second kappa shape index (κ2) is 7.06. The molecule has 0 amide bonds. The summed E-state index contributed by atoms with van der Waals surface area (Å²) in [7, 11) is 0. The number of hydrogen-bond acceptors (Lipinski definition) is 4. The summed E-state index contributed by atoms with van der Waals surface area (Å²) in [6.07, 6.45) is 2.07. The standard InChI is InChI=1S/C12H21NO4/c1-5-6-9(7-10(14)15)13-8-11(16)17-12(2,3)4/h5,9,13H,1,6-8H2,2-4H3,(H,14,15). The fourth-order valence-corrected chi connectivity index (χ4v) is 1.26. The lowest BCUT2D eigenvalue weighted by Crippen LogP contribution is -2.38. The average molecular weight is 243 g/mol. The fraction of sp³-hybridized carbons (Fsp3) is 0.667. The Morgan fingerprint density at radius 2 is 2.06 bits per heavy atom. The molecule has 0 aromatic heterocycles. The molecule has 0 radical (unpaired) electrons. The molecule has 0 aliphatic rings. The molecule has 5 nitrogen and oxygen atoms in total. The number of carboxylic acid groups (broad SMARTS) is 1. The van der Waals surface area contributed by atoms with E-state index in [4.69, 9.17) is 9.84 Å².